The highest BCUT2D eigenvalue weighted by molar-refractivity contribution is 5.90. The SMILES string of the molecule is O=C1CN(C(=O)NCC2CCC(=O)N2)C(C(=O)O)CN1. The molecule has 110 valence electrons. The van der Waals surface area contributed by atoms with Crippen LogP contribution >= 0.6 is 0 Å². The van der Waals surface area contributed by atoms with Gasteiger partial charge in [0.05, 0.1) is 0 Å². The van der Waals surface area contributed by atoms with E-state index >= 15 is 0 Å². The summed E-state index contributed by atoms with van der Waals surface area (Å²) in [5, 5.41) is 16.7. The fourth-order valence-corrected chi connectivity index (χ4v) is 2.22. The van der Waals surface area contributed by atoms with Gasteiger partial charge in [0.2, 0.25) is 11.8 Å². The molecule has 9 heteroatoms. The van der Waals surface area contributed by atoms with Gasteiger partial charge < -0.3 is 21.1 Å². The van der Waals surface area contributed by atoms with E-state index in [1.165, 1.54) is 0 Å². The molecule has 2 atom stereocenters. The molecule has 0 aromatic rings. The molecule has 4 N–H and O–H groups in total. The first kappa shape index (κ1) is 14.1. The zero-order valence-corrected chi connectivity index (χ0v) is 10.7. The molecule has 0 bridgehead atoms. The predicted molar refractivity (Wildman–Crippen MR) is 65.7 cm³/mol. The van der Waals surface area contributed by atoms with E-state index in [-0.39, 0.29) is 31.6 Å². The van der Waals surface area contributed by atoms with E-state index in [1.54, 1.807) is 0 Å². The Hall–Kier alpha value is -2.32. The number of amides is 4. The van der Waals surface area contributed by atoms with E-state index in [9.17, 15) is 19.2 Å². The van der Waals surface area contributed by atoms with Gasteiger partial charge in [-0.3, -0.25) is 14.5 Å². The van der Waals surface area contributed by atoms with Crippen molar-refractivity contribution < 1.29 is 24.3 Å². The molecule has 2 heterocycles. The lowest BCUT2D eigenvalue weighted by atomic mass is 10.2. The predicted octanol–water partition coefficient (Wildman–Crippen LogP) is -2.14. The summed E-state index contributed by atoms with van der Waals surface area (Å²) < 4.78 is 0. The Labute approximate surface area is 114 Å². The second-order valence-electron chi connectivity index (χ2n) is 4.78. The van der Waals surface area contributed by atoms with Crippen molar-refractivity contribution in [2.24, 2.45) is 0 Å². The highest BCUT2D eigenvalue weighted by Crippen LogP contribution is 2.07. The molecule has 2 unspecified atom stereocenters. The van der Waals surface area contributed by atoms with Gasteiger partial charge in [0, 0.05) is 25.6 Å². The van der Waals surface area contributed by atoms with Crippen molar-refractivity contribution in [1.82, 2.24) is 20.9 Å². The van der Waals surface area contributed by atoms with E-state index in [0.717, 1.165) is 4.90 Å². The highest BCUT2D eigenvalue weighted by atomic mass is 16.4. The minimum Gasteiger partial charge on any atom is -0.480 e. The minimum absolute atomic E-state index is 0.0648. The van der Waals surface area contributed by atoms with Crippen LogP contribution in [0.25, 0.3) is 0 Å². The van der Waals surface area contributed by atoms with Crippen LogP contribution in [-0.2, 0) is 14.4 Å². The number of nitrogens with zero attached hydrogens (tertiary/aromatic N) is 1. The number of piperazine rings is 1. The van der Waals surface area contributed by atoms with E-state index in [4.69, 9.17) is 5.11 Å². The zero-order valence-electron chi connectivity index (χ0n) is 10.7. The monoisotopic (exact) mass is 284 g/mol. The van der Waals surface area contributed by atoms with Gasteiger partial charge in [-0.05, 0) is 6.42 Å². The maximum atomic E-state index is 12.0. The number of nitrogens with one attached hydrogen (secondary N) is 3. The lowest BCUT2D eigenvalue weighted by Crippen LogP contribution is -2.61. The van der Waals surface area contributed by atoms with Crippen LogP contribution < -0.4 is 16.0 Å². The number of carbonyl (C=O) groups excluding carboxylic acids is 3. The Morgan fingerprint density at radius 2 is 2.10 bits per heavy atom. The molecule has 0 aliphatic carbocycles. The Morgan fingerprint density at radius 3 is 2.70 bits per heavy atom. The second kappa shape index (κ2) is 5.76. The summed E-state index contributed by atoms with van der Waals surface area (Å²) in [6.07, 6.45) is 1.05. The molecule has 0 saturated carbocycles. The number of hydrogen-bond donors (Lipinski definition) is 4. The summed E-state index contributed by atoms with van der Waals surface area (Å²) in [6, 6.07) is -1.84. The van der Waals surface area contributed by atoms with Crippen molar-refractivity contribution in [2.45, 2.75) is 24.9 Å². The Kier molecular flexibility index (Phi) is 4.06. The van der Waals surface area contributed by atoms with Gasteiger partial charge in [0.25, 0.3) is 0 Å². The number of carboxylic acids is 1. The third kappa shape index (κ3) is 3.16. The van der Waals surface area contributed by atoms with Crippen LogP contribution in [0.4, 0.5) is 4.79 Å². The molecular weight excluding hydrogens is 268 g/mol. The largest absolute Gasteiger partial charge is 0.480 e. The summed E-state index contributed by atoms with van der Waals surface area (Å²) in [7, 11) is 0. The summed E-state index contributed by atoms with van der Waals surface area (Å²) >= 11 is 0. The number of carboxylic acid groups (broad SMARTS) is 1. The van der Waals surface area contributed by atoms with Crippen molar-refractivity contribution in [3.05, 3.63) is 0 Å². The van der Waals surface area contributed by atoms with Gasteiger partial charge >= 0.3 is 12.0 Å². The molecule has 2 fully saturated rings. The van der Waals surface area contributed by atoms with Crippen molar-refractivity contribution in [2.75, 3.05) is 19.6 Å². The fourth-order valence-electron chi connectivity index (χ4n) is 2.22. The lowest BCUT2D eigenvalue weighted by Gasteiger charge is -2.32. The molecular formula is C11H16N4O5. The van der Waals surface area contributed by atoms with E-state index in [2.05, 4.69) is 16.0 Å². The normalized spacial score (nSPS) is 25.9. The lowest BCUT2D eigenvalue weighted by molar-refractivity contribution is -0.144. The summed E-state index contributed by atoms with van der Waals surface area (Å²) in [5.74, 6) is -1.63. The van der Waals surface area contributed by atoms with Crippen molar-refractivity contribution in [1.29, 1.82) is 0 Å². The number of aliphatic carboxylic acids is 1. The molecule has 0 aromatic carbocycles. The topological polar surface area (TPSA) is 128 Å². The van der Waals surface area contributed by atoms with Crippen molar-refractivity contribution in [3.63, 3.8) is 0 Å². The molecule has 2 saturated heterocycles. The standard InChI is InChI=1S/C11H16N4O5/c16-8-2-1-6(14-8)3-13-11(20)15-5-9(17)12-4-7(15)10(18)19/h6-7H,1-5H2,(H,12,17)(H,13,20)(H,14,16)(H,18,19). The Morgan fingerprint density at radius 1 is 1.35 bits per heavy atom. The average molecular weight is 284 g/mol. The van der Waals surface area contributed by atoms with E-state index < -0.39 is 23.9 Å². The third-order valence-corrected chi connectivity index (χ3v) is 3.31. The van der Waals surface area contributed by atoms with Gasteiger partial charge in [-0.2, -0.15) is 0 Å². The fraction of sp³-hybridized carbons (Fsp3) is 0.636. The van der Waals surface area contributed by atoms with Crippen LogP contribution in [0, 0.1) is 0 Å². The average Bonchev–Trinajstić information content (AvgIpc) is 2.81. The Balaban J connectivity index is 1.90. The number of rotatable bonds is 3. The van der Waals surface area contributed by atoms with Crippen LogP contribution in [0.2, 0.25) is 0 Å². The van der Waals surface area contributed by atoms with E-state index in [0.29, 0.717) is 12.8 Å². The van der Waals surface area contributed by atoms with Gasteiger partial charge in [-0.1, -0.05) is 0 Å². The molecule has 20 heavy (non-hydrogen) atoms. The van der Waals surface area contributed by atoms with Crippen molar-refractivity contribution in [3.8, 4) is 0 Å². The van der Waals surface area contributed by atoms with Gasteiger partial charge in [0.1, 0.15) is 12.6 Å². The Bertz CT molecular complexity index is 452. The molecule has 2 aliphatic heterocycles. The molecule has 9 nitrogen and oxygen atoms in total. The van der Waals surface area contributed by atoms with Crippen LogP contribution in [0.15, 0.2) is 0 Å². The first-order chi connectivity index (χ1) is 9.47. The van der Waals surface area contributed by atoms with Crippen LogP contribution in [0.1, 0.15) is 12.8 Å². The second-order valence-corrected chi connectivity index (χ2v) is 4.78. The number of carbonyl (C=O) groups is 4. The van der Waals surface area contributed by atoms with Gasteiger partial charge in [0.15, 0.2) is 0 Å². The molecule has 2 rings (SSSR count). The molecule has 2 aliphatic rings. The molecule has 0 spiro atoms. The number of urea groups is 1. The third-order valence-electron chi connectivity index (χ3n) is 3.31. The first-order valence-electron chi connectivity index (χ1n) is 6.30. The highest BCUT2D eigenvalue weighted by Gasteiger charge is 2.35. The van der Waals surface area contributed by atoms with Gasteiger partial charge in [-0.15, -0.1) is 0 Å². The zero-order chi connectivity index (χ0) is 14.7. The van der Waals surface area contributed by atoms with Crippen LogP contribution in [0.5, 0.6) is 0 Å². The summed E-state index contributed by atoms with van der Waals surface area (Å²) in [4.78, 5) is 46.3. The van der Waals surface area contributed by atoms with E-state index in [1.807, 2.05) is 0 Å². The molecule has 0 aromatic heterocycles. The number of hydrogen-bond acceptors (Lipinski definition) is 4. The maximum absolute atomic E-state index is 12.0. The summed E-state index contributed by atoms with van der Waals surface area (Å²) in [6.45, 7) is -0.184. The smallest absolute Gasteiger partial charge is 0.328 e. The quantitative estimate of drug-likeness (QED) is 0.470. The molecule has 0 radical (unpaired) electrons. The van der Waals surface area contributed by atoms with Crippen molar-refractivity contribution >= 4 is 23.8 Å². The van der Waals surface area contributed by atoms with Crippen LogP contribution in [-0.4, -0.2) is 65.5 Å². The van der Waals surface area contributed by atoms with Gasteiger partial charge in [-0.25, -0.2) is 9.59 Å². The molecule has 4 amide bonds. The first-order valence-corrected chi connectivity index (χ1v) is 6.30. The minimum atomic E-state index is -1.17. The summed E-state index contributed by atoms with van der Waals surface area (Å²) in [5.41, 5.74) is 0. The maximum Gasteiger partial charge on any atom is 0.328 e. The van der Waals surface area contributed by atoms with Crippen LogP contribution in [0.3, 0.4) is 0 Å².